The number of ketones is 2. The van der Waals surface area contributed by atoms with E-state index in [0.717, 1.165) is 5.56 Å². The largest absolute Gasteiger partial charge is 0.493 e. The molecule has 2 aromatic carbocycles. The molecule has 2 aliphatic carbocycles. The lowest BCUT2D eigenvalue weighted by Crippen LogP contribution is -2.30. The van der Waals surface area contributed by atoms with E-state index in [1.807, 2.05) is 6.92 Å². The van der Waals surface area contributed by atoms with Crippen LogP contribution in [0.15, 0.2) is 70.0 Å². The summed E-state index contributed by atoms with van der Waals surface area (Å²) >= 11 is 0. The Morgan fingerprint density at radius 1 is 0.829 bits per heavy atom. The van der Waals surface area contributed by atoms with Crippen molar-refractivity contribution in [3.8, 4) is 11.5 Å². The third-order valence-corrected chi connectivity index (χ3v) is 7.92. The van der Waals surface area contributed by atoms with Crippen molar-refractivity contribution in [1.82, 2.24) is 0 Å². The molecule has 1 aliphatic heterocycles. The molecular formula is C27H26O7S. The summed E-state index contributed by atoms with van der Waals surface area (Å²) in [5.74, 6) is 0.885. The molecule has 0 aromatic heterocycles. The number of ether oxygens (including phenoxy) is 2. The first kappa shape index (κ1) is 23.4. The van der Waals surface area contributed by atoms with Gasteiger partial charge in [-0.15, -0.1) is 0 Å². The number of carbonyl (C=O) groups excluding carboxylic acids is 2. The molecule has 0 amide bonds. The Kier molecular flexibility index (Phi) is 6.01. The number of hydrogen-bond donors (Lipinski definition) is 0. The van der Waals surface area contributed by atoms with Crippen molar-refractivity contribution in [3.05, 3.63) is 76.3 Å². The molecule has 0 N–H and O–H groups in total. The molecule has 0 radical (unpaired) electrons. The summed E-state index contributed by atoms with van der Waals surface area (Å²) in [7, 11) is -2.66. The maximum atomic E-state index is 13.0. The van der Waals surface area contributed by atoms with Crippen molar-refractivity contribution in [2.24, 2.45) is 0 Å². The van der Waals surface area contributed by atoms with Crippen LogP contribution in [0.1, 0.15) is 55.6 Å². The van der Waals surface area contributed by atoms with Gasteiger partial charge in [-0.05, 0) is 49.6 Å². The lowest BCUT2D eigenvalue weighted by molar-refractivity contribution is -0.117. The van der Waals surface area contributed by atoms with E-state index < -0.39 is 16.0 Å². The van der Waals surface area contributed by atoms with Gasteiger partial charge in [0.05, 0.1) is 7.11 Å². The average Bonchev–Trinajstić information content (AvgIpc) is 2.83. The first-order chi connectivity index (χ1) is 16.8. The van der Waals surface area contributed by atoms with E-state index in [2.05, 4.69) is 0 Å². The zero-order chi connectivity index (χ0) is 24.7. The van der Waals surface area contributed by atoms with Gasteiger partial charge in [0.25, 0.3) is 0 Å². The first-order valence-electron chi connectivity index (χ1n) is 11.7. The number of rotatable bonds is 5. The maximum absolute atomic E-state index is 13.0. The minimum atomic E-state index is -4.08. The Labute approximate surface area is 204 Å². The molecule has 2 aromatic rings. The highest BCUT2D eigenvalue weighted by Crippen LogP contribution is 2.48. The Hall–Kier alpha value is -3.39. The van der Waals surface area contributed by atoms with E-state index in [4.69, 9.17) is 13.7 Å². The van der Waals surface area contributed by atoms with E-state index in [1.54, 1.807) is 24.3 Å². The Balaban J connectivity index is 1.56. The summed E-state index contributed by atoms with van der Waals surface area (Å²) < 4.78 is 42.6. The van der Waals surface area contributed by atoms with Crippen LogP contribution < -0.4 is 8.92 Å². The number of benzene rings is 2. The van der Waals surface area contributed by atoms with Gasteiger partial charge in [0, 0.05) is 42.7 Å². The van der Waals surface area contributed by atoms with E-state index in [9.17, 15) is 18.0 Å². The first-order valence-corrected chi connectivity index (χ1v) is 13.1. The summed E-state index contributed by atoms with van der Waals surface area (Å²) in [5, 5.41) is 0. The Bertz CT molecular complexity index is 1340. The lowest BCUT2D eigenvalue weighted by atomic mass is 9.73. The lowest BCUT2D eigenvalue weighted by Gasteiger charge is -2.36. The molecule has 0 unspecified atom stereocenters. The van der Waals surface area contributed by atoms with Gasteiger partial charge in [0.15, 0.2) is 23.1 Å². The highest BCUT2D eigenvalue weighted by atomic mass is 32.2. The highest BCUT2D eigenvalue weighted by molar-refractivity contribution is 7.87. The number of methoxy groups -OCH3 is 1. The predicted octanol–water partition coefficient (Wildman–Crippen LogP) is 4.90. The third kappa shape index (κ3) is 4.27. The minimum absolute atomic E-state index is 0.0252. The van der Waals surface area contributed by atoms with Crippen molar-refractivity contribution >= 4 is 21.7 Å². The molecule has 0 saturated carbocycles. The summed E-state index contributed by atoms with van der Waals surface area (Å²) in [6, 6.07) is 11.2. The molecule has 0 saturated heterocycles. The topological polar surface area (TPSA) is 96.0 Å². The molecule has 5 rings (SSSR count). The molecule has 182 valence electrons. The maximum Gasteiger partial charge on any atom is 0.339 e. The quantitative estimate of drug-likeness (QED) is 0.546. The second-order valence-electron chi connectivity index (χ2n) is 9.02. The van der Waals surface area contributed by atoms with Gasteiger partial charge in [-0.3, -0.25) is 9.59 Å². The number of carbonyl (C=O) groups is 2. The predicted molar refractivity (Wildman–Crippen MR) is 128 cm³/mol. The molecule has 35 heavy (non-hydrogen) atoms. The fraction of sp³-hybridized carbons (Fsp3) is 0.333. The molecular weight excluding hydrogens is 468 g/mol. The van der Waals surface area contributed by atoms with Gasteiger partial charge in [0.1, 0.15) is 16.4 Å². The van der Waals surface area contributed by atoms with Crippen LogP contribution >= 0.6 is 0 Å². The van der Waals surface area contributed by atoms with E-state index in [0.29, 0.717) is 66.8 Å². The van der Waals surface area contributed by atoms with Crippen molar-refractivity contribution in [2.75, 3.05) is 7.11 Å². The zero-order valence-corrected chi connectivity index (χ0v) is 20.4. The van der Waals surface area contributed by atoms with Crippen LogP contribution in [-0.2, 0) is 24.4 Å². The van der Waals surface area contributed by atoms with Crippen molar-refractivity contribution in [2.45, 2.75) is 56.3 Å². The van der Waals surface area contributed by atoms with Crippen molar-refractivity contribution < 1.29 is 31.7 Å². The summed E-state index contributed by atoms with van der Waals surface area (Å²) in [6.07, 6.45) is 3.54. The van der Waals surface area contributed by atoms with Crippen molar-refractivity contribution in [1.29, 1.82) is 0 Å². The van der Waals surface area contributed by atoms with Crippen LogP contribution in [0.4, 0.5) is 0 Å². The van der Waals surface area contributed by atoms with Crippen LogP contribution in [-0.4, -0.2) is 27.1 Å². The Morgan fingerprint density at radius 3 is 2.00 bits per heavy atom. The number of Topliss-reactive ketones (excluding diaryl/α,β-unsaturated/α-hetero) is 2. The molecule has 0 bridgehead atoms. The number of hydrogen-bond acceptors (Lipinski definition) is 7. The van der Waals surface area contributed by atoms with E-state index in [-0.39, 0.29) is 28.0 Å². The number of aryl methyl sites for hydroxylation is 1. The molecule has 1 heterocycles. The molecule has 8 heteroatoms. The fourth-order valence-electron chi connectivity index (χ4n) is 4.95. The van der Waals surface area contributed by atoms with Gasteiger partial charge in [-0.2, -0.15) is 8.42 Å². The molecule has 0 fully saturated rings. The number of allylic oxidation sites excluding steroid dienone is 4. The monoisotopic (exact) mass is 494 g/mol. The standard InChI is InChI=1S/C27H26O7S/c1-16-9-12-18(13-10-16)35(30,31)34-21-14-11-17(15-24(21)32-2)25-26-19(28)5-3-7-22(26)33-23-8-4-6-20(29)27(23)25/h9-15,25H,3-8H2,1-2H3. The second-order valence-corrected chi connectivity index (χ2v) is 10.6. The molecule has 7 nitrogen and oxygen atoms in total. The minimum Gasteiger partial charge on any atom is -0.493 e. The second kappa shape index (κ2) is 9.00. The van der Waals surface area contributed by atoms with Gasteiger partial charge in [-0.1, -0.05) is 23.8 Å². The normalized spacial score (nSPS) is 18.7. The summed E-state index contributed by atoms with van der Waals surface area (Å²) in [5.41, 5.74) is 2.64. The van der Waals surface area contributed by atoms with Crippen LogP contribution in [0, 0.1) is 6.92 Å². The van der Waals surface area contributed by atoms with Gasteiger partial charge < -0.3 is 13.7 Å². The van der Waals surface area contributed by atoms with Crippen LogP contribution in [0.2, 0.25) is 0 Å². The smallest absolute Gasteiger partial charge is 0.339 e. The van der Waals surface area contributed by atoms with Crippen LogP contribution in [0.25, 0.3) is 0 Å². The van der Waals surface area contributed by atoms with Crippen LogP contribution in [0.5, 0.6) is 11.5 Å². The van der Waals surface area contributed by atoms with E-state index >= 15 is 0 Å². The van der Waals surface area contributed by atoms with Gasteiger partial charge in [-0.25, -0.2) is 0 Å². The van der Waals surface area contributed by atoms with Crippen LogP contribution in [0.3, 0.4) is 0 Å². The average molecular weight is 495 g/mol. The highest BCUT2D eigenvalue weighted by Gasteiger charge is 2.42. The Morgan fingerprint density at radius 2 is 1.43 bits per heavy atom. The summed E-state index contributed by atoms with van der Waals surface area (Å²) in [6.45, 7) is 1.87. The molecule has 3 aliphatic rings. The van der Waals surface area contributed by atoms with Gasteiger partial charge in [0.2, 0.25) is 0 Å². The molecule has 0 atom stereocenters. The molecule has 0 spiro atoms. The fourth-order valence-corrected chi connectivity index (χ4v) is 5.89. The zero-order valence-electron chi connectivity index (χ0n) is 19.6. The van der Waals surface area contributed by atoms with E-state index in [1.165, 1.54) is 25.3 Å². The van der Waals surface area contributed by atoms with Crippen molar-refractivity contribution in [3.63, 3.8) is 0 Å². The third-order valence-electron chi connectivity index (χ3n) is 6.67. The summed E-state index contributed by atoms with van der Waals surface area (Å²) in [4.78, 5) is 26.0. The SMILES string of the molecule is COc1cc(C2C3=C(CCCC3=O)OC3=C2C(=O)CCC3)ccc1OS(=O)(=O)c1ccc(C)cc1. The van der Waals surface area contributed by atoms with Gasteiger partial charge >= 0.3 is 10.1 Å².